The van der Waals surface area contributed by atoms with E-state index in [2.05, 4.69) is 5.32 Å². The van der Waals surface area contributed by atoms with Crippen molar-refractivity contribution < 1.29 is 14.3 Å². The van der Waals surface area contributed by atoms with Crippen molar-refractivity contribution in [2.45, 2.75) is 26.3 Å². The number of aromatic nitrogens is 2. The summed E-state index contributed by atoms with van der Waals surface area (Å²) < 4.78 is 7.07. The van der Waals surface area contributed by atoms with Gasteiger partial charge in [0.15, 0.2) is 0 Å². The van der Waals surface area contributed by atoms with Gasteiger partial charge in [-0.25, -0.2) is 0 Å². The van der Waals surface area contributed by atoms with E-state index in [0.29, 0.717) is 29.9 Å². The van der Waals surface area contributed by atoms with Crippen molar-refractivity contribution >= 4 is 23.2 Å². The van der Waals surface area contributed by atoms with Crippen LogP contribution in [-0.4, -0.2) is 35.2 Å². The summed E-state index contributed by atoms with van der Waals surface area (Å²) in [4.78, 5) is 27.4. The molecule has 0 saturated carbocycles. The van der Waals surface area contributed by atoms with Gasteiger partial charge in [0.05, 0.1) is 19.2 Å². The monoisotopic (exact) mass is 480 g/mol. The molecule has 182 valence electrons. The molecule has 3 aromatic carbocycles. The fourth-order valence-electron chi connectivity index (χ4n) is 4.54. The number of anilines is 2. The lowest BCUT2D eigenvalue weighted by molar-refractivity contribution is -0.117. The number of benzene rings is 3. The average Bonchev–Trinajstić information content (AvgIpc) is 3.51. The Kier molecular flexibility index (Phi) is 6.54. The molecule has 2 heterocycles. The number of methoxy groups -OCH3 is 1. The summed E-state index contributed by atoms with van der Waals surface area (Å²) in [7, 11) is 1.62. The van der Waals surface area contributed by atoms with Crippen LogP contribution in [0.25, 0.3) is 11.3 Å². The zero-order valence-corrected chi connectivity index (χ0v) is 20.4. The molecule has 5 rings (SSSR count). The largest absolute Gasteiger partial charge is 0.497 e. The molecule has 1 aliphatic heterocycles. The Labute approximate surface area is 210 Å². The molecule has 1 aromatic heterocycles. The van der Waals surface area contributed by atoms with E-state index in [-0.39, 0.29) is 11.8 Å². The lowest BCUT2D eigenvalue weighted by Gasteiger charge is -2.19. The maximum absolute atomic E-state index is 13.4. The highest BCUT2D eigenvalue weighted by atomic mass is 16.5. The number of rotatable bonds is 7. The van der Waals surface area contributed by atoms with E-state index in [4.69, 9.17) is 9.84 Å². The Balaban J connectivity index is 1.43. The molecule has 0 unspecified atom stereocenters. The van der Waals surface area contributed by atoms with Gasteiger partial charge in [-0.05, 0) is 66.9 Å². The van der Waals surface area contributed by atoms with Gasteiger partial charge in [-0.3, -0.25) is 14.3 Å². The molecular formula is C29H28N4O3. The second kappa shape index (κ2) is 10.1. The van der Waals surface area contributed by atoms with Crippen molar-refractivity contribution in [3.05, 3.63) is 95.7 Å². The zero-order chi connectivity index (χ0) is 25.1. The molecule has 4 aromatic rings. The van der Waals surface area contributed by atoms with E-state index in [1.807, 2.05) is 84.6 Å². The predicted molar refractivity (Wildman–Crippen MR) is 140 cm³/mol. The molecule has 1 fully saturated rings. The van der Waals surface area contributed by atoms with E-state index < -0.39 is 0 Å². The Bertz CT molecular complexity index is 1390. The summed E-state index contributed by atoms with van der Waals surface area (Å²) in [6.45, 7) is 3.24. The van der Waals surface area contributed by atoms with Crippen LogP contribution < -0.4 is 15.0 Å². The normalized spacial score (nSPS) is 13.2. The van der Waals surface area contributed by atoms with Crippen LogP contribution in [0.1, 0.15) is 34.3 Å². The van der Waals surface area contributed by atoms with E-state index in [1.165, 1.54) is 0 Å². The molecule has 0 bridgehead atoms. The second-order valence-electron chi connectivity index (χ2n) is 8.91. The van der Waals surface area contributed by atoms with Gasteiger partial charge >= 0.3 is 0 Å². The van der Waals surface area contributed by atoms with Crippen LogP contribution in [0.4, 0.5) is 11.4 Å². The molecule has 1 saturated heterocycles. The number of nitrogens with zero attached hydrogens (tertiary/aromatic N) is 3. The summed E-state index contributed by atoms with van der Waals surface area (Å²) in [6.07, 6.45) is 3.24. The summed E-state index contributed by atoms with van der Waals surface area (Å²) in [5.74, 6) is 0.634. The molecule has 0 atom stereocenters. The molecule has 7 heteroatoms. The van der Waals surface area contributed by atoms with Gasteiger partial charge in [0, 0.05) is 36.1 Å². The van der Waals surface area contributed by atoms with Crippen LogP contribution in [0, 0.1) is 6.92 Å². The molecule has 0 radical (unpaired) electrons. The van der Waals surface area contributed by atoms with E-state index in [1.54, 1.807) is 18.0 Å². The van der Waals surface area contributed by atoms with Crippen LogP contribution in [0.3, 0.4) is 0 Å². The molecule has 1 N–H and O–H groups in total. The Hall–Kier alpha value is -4.39. The number of hydrogen-bond donors (Lipinski definition) is 1. The van der Waals surface area contributed by atoms with Crippen LogP contribution in [-0.2, 0) is 11.3 Å². The summed E-state index contributed by atoms with van der Waals surface area (Å²) in [5, 5.41) is 7.77. The molecule has 7 nitrogen and oxygen atoms in total. The first-order valence-electron chi connectivity index (χ1n) is 12.0. The number of carbonyl (C=O) groups excluding carboxylic acids is 2. The highest BCUT2D eigenvalue weighted by molar-refractivity contribution is 6.08. The highest BCUT2D eigenvalue weighted by Crippen LogP contribution is 2.29. The first-order valence-corrected chi connectivity index (χ1v) is 12.0. The molecular weight excluding hydrogens is 452 g/mol. The van der Waals surface area contributed by atoms with E-state index >= 15 is 0 Å². The first kappa shape index (κ1) is 23.4. The fraction of sp³-hybridized carbons (Fsp3) is 0.207. The van der Waals surface area contributed by atoms with Crippen molar-refractivity contribution in [2.75, 3.05) is 23.9 Å². The van der Waals surface area contributed by atoms with Gasteiger partial charge in [0.25, 0.3) is 5.91 Å². The van der Waals surface area contributed by atoms with Gasteiger partial charge in [-0.2, -0.15) is 5.10 Å². The van der Waals surface area contributed by atoms with Gasteiger partial charge in [-0.1, -0.05) is 30.3 Å². The fourth-order valence-corrected chi connectivity index (χ4v) is 4.54. The molecule has 0 aliphatic carbocycles. The lowest BCUT2D eigenvalue weighted by atomic mass is 10.1. The molecule has 2 amide bonds. The van der Waals surface area contributed by atoms with Crippen LogP contribution in [0.2, 0.25) is 0 Å². The summed E-state index contributed by atoms with van der Waals surface area (Å²) in [6, 6.07) is 23.2. The number of nitrogens with one attached hydrogen (secondary N) is 1. The molecule has 1 aliphatic rings. The number of aryl methyl sites for hydroxylation is 1. The summed E-state index contributed by atoms with van der Waals surface area (Å²) >= 11 is 0. The molecule has 0 spiro atoms. The van der Waals surface area contributed by atoms with Crippen molar-refractivity contribution in [3.63, 3.8) is 0 Å². The van der Waals surface area contributed by atoms with Gasteiger partial charge in [0.2, 0.25) is 5.91 Å². The first-order chi connectivity index (χ1) is 17.5. The van der Waals surface area contributed by atoms with Gasteiger partial charge in [0.1, 0.15) is 11.4 Å². The van der Waals surface area contributed by atoms with Crippen LogP contribution in [0.5, 0.6) is 5.75 Å². The number of amides is 2. The smallest absolute Gasteiger partial charge is 0.259 e. The zero-order valence-electron chi connectivity index (χ0n) is 20.4. The highest BCUT2D eigenvalue weighted by Gasteiger charge is 2.23. The third-order valence-electron chi connectivity index (χ3n) is 6.38. The van der Waals surface area contributed by atoms with Crippen molar-refractivity contribution in [2.24, 2.45) is 0 Å². The SMILES string of the molecule is COc1ccc(-c2nn(Cc3ccccc3)cc2C(=O)Nc2ccc(N3CCCC3=O)c(C)c2)cc1. The third-order valence-corrected chi connectivity index (χ3v) is 6.38. The Morgan fingerprint density at radius 2 is 1.83 bits per heavy atom. The lowest BCUT2D eigenvalue weighted by Crippen LogP contribution is -2.24. The minimum Gasteiger partial charge on any atom is -0.497 e. The van der Waals surface area contributed by atoms with Gasteiger partial charge in [-0.15, -0.1) is 0 Å². The van der Waals surface area contributed by atoms with Crippen LogP contribution >= 0.6 is 0 Å². The number of hydrogen-bond acceptors (Lipinski definition) is 4. The quantitative estimate of drug-likeness (QED) is 0.390. The maximum Gasteiger partial charge on any atom is 0.259 e. The van der Waals surface area contributed by atoms with Crippen molar-refractivity contribution in [3.8, 4) is 17.0 Å². The topological polar surface area (TPSA) is 76.5 Å². The van der Waals surface area contributed by atoms with Crippen molar-refractivity contribution in [1.82, 2.24) is 9.78 Å². The summed E-state index contributed by atoms with van der Waals surface area (Å²) in [5.41, 5.74) is 5.50. The second-order valence-corrected chi connectivity index (χ2v) is 8.91. The van der Waals surface area contributed by atoms with Crippen molar-refractivity contribution in [1.29, 1.82) is 0 Å². The molecule has 36 heavy (non-hydrogen) atoms. The maximum atomic E-state index is 13.4. The minimum absolute atomic E-state index is 0.143. The average molecular weight is 481 g/mol. The van der Waals surface area contributed by atoms with E-state index in [9.17, 15) is 9.59 Å². The van der Waals surface area contributed by atoms with Gasteiger partial charge < -0.3 is 15.0 Å². The minimum atomic E-state index is -0.246. The Morgan fingerprint density at radius 3 is 2.50 bits per heavy atom. The number of carbonyl (C=O) groups is 2. The predicted octanol–water partition coefficient (Wildman–Crippen LogP) is 5.29. The Morgan fingerprint density at radius 1 is 1.06 bits per heavy atom. The van der Waals surface area contributed by atoms with Crippen LogP contribution in [0.15, 0.2) is 79.0 Å². The third kappa shape index (κ3) is 4.86. The van der Waals surface area contributed by atoms with E-state index in [0.717, 1.165) is 41.1 Å². The number of ether oxygens (including phenoxy) is 1. The standard InChI is InChI=1S/C29H28N4O3/c1-20-17-23(12-15-26(20)33-16-6-9-27(33)34)30-29(35)25-19-32(18-21-7-4-3-5-8-21)31-28(25)22-10-13-24(36-2)14-11-22/h3-5,7-8,10-15,17,19H,6,9,16,18H2,1-2H3,(H,30,35).